The molecule has 0 saturated carbocycles. The molecule has 2 aliphatic rings. The zero-order valence-electron chi connectivity index (χ0n) is 14.9. The van der Waals surface area contributed by atoms with E-state index in [0.717, 1.165) is 58.3 Å². The molecule has 5 heteroatoms. The van der Waals surface area contributed by atoms with E-state index in [2.05, 4.69) is 18.7 Å². The van der Waals surface area contributed by atoms with Gasteiger partial charge in [0, 0.05) is 51.2 Å². The number of hydrogen-bond donors (Lipinski definition) is 0. The summed E-state index contributed by atoms with van der Waals surface area (Å²) in [7, 11) is 0. The Morgan fingerprint density at radius 2 is 1.78 bits per heavy atom. The minimum Gasteiger partial charge on any atom is -0.381 e. The van der Waals surface area contributed by atoms with Gasteiger partial charge in [-0.25, -0.2) is 0 Å². The zero-order valence-corrected chi connectivity index (χ0v) is 14.9. The molecular formula is C18H32N2O3. The molecule has 0 radical (unpaired) electrons. The summed E-state index contributed by atoms with van der Waals surface area (Å²) in [5.41, 5.74) is 0. The van der Waals surface area contributed by atoms with Crippen LogP contribution in [0.25, 0.3) is 0 Å². The Hall–Kier alpha value is -1.10. The molecule has 0 aromatic heterocycles. The zero-order chi connectivity index (χ0) is 16.8. The standard InChI is InChI=1S/C18H32N2O3/c1-4-15(5-2)18(22)19-10-6-7-17(13-19)20(14(3)21)16-8-11-23-12-9-16/h15-17H,4-13H2,1-3H3. The highest BCUT2D eigenvalue weighted by Gasteiger charge is 2.35. The van der Waals surface area contributed by atoms with Crippen LogP contribution in [0.4, 0.5) is 0 Å². The van der Waals surface area contributed by atoms with Crippen LogP contribution in [-0.2, 0) is 14.3 Å². The molecule has 5 nitrogen and oxygen atoms in total. The fraction of sp³-hybridized carbons (Fsp3) is 0.889. The van der Waals surface area contributed by atoms with Crippen LogP contribution < -0.4 is 0 Å². The van der Waals surface area contributed by atoms with Gasteiger partial charge in [0.1, 0.15) is 0 Å². The van der Waals surface area contributed by atoms with Gasteiger partial charge in [-0.15, -0.1) is 0 Å². The van der Waals surface area contributed by atoms with Gasteiger partial charge in [0.15, 0.2) is 0 Å². The molecule has 0 bridgehead atoms. The number of piperidine rings is 1. The van der Waals surface area contributed by atoms with Crippen molar-refractivity contribution in [3.63, 3.8) is 0 Å². The van der Waals surface area contributed by atoms with Crippen molar-refractivity contribution in [1.29, 1.82) is 0 Å². The number of nitrogens with zero attached hydrogens (tertiary/aromatic N) is 2. The molecule has 2 fully saturated rings. The molecule has 132 valence electrons. The molecule has 0 N–H and O–H groups in total. The normalized spacial score (nSPS) is 23.1. The van der Waals surface area contributed by atoms with Gasteiger partial charge in [-0.05, 0) is 38.5 Å². The van der Waals surface area contributed by atoms with Crippen molar-refractivity contribution in [2.45, 2.75) is 71.4 Å². The van der Waals surface area contributed by atoms with Gasteiger partial charge in [0.05, 0.1) is 0 Å². The molecule has 0 aliphatic carbocycles. The van der Waals surface area contributed by atoms with Crippen LogP contribution in [0.15, 0.2) is 0 Å². The quantitative estimate of drug-likeness (QED) is 0.780. The van der Waals surface area contributed by atoms with Gasteiger partial charge in [0.25, 0.3) is 0 Å². The lowest BCUT2D eigenvalue weighted by Gasteiger charge is -2.44. The minimum atomic E-state index is 0.127. The van der Waals surface area contributed by atoms with E-state index in [4.69, 9.17) is 4.74 Å². The second-order valence-electron chi connectivity index (χ2n) is 6.86. The number of likely N-dealkylation sites (tertiary alicyclic amines) is 1. The molecular weight excluding hydrogens is 292 g/mol. The lowest BCUT2D eigenvalue weighted by Crippen LogP contribution is -2.56. The van der Waals surface area contributed by atoms with Crippen LogP contribution in [0, 0.1) is 5.92 Å². The summed E-state index contributed by atoms with van der Waals surface area (Å²) in [5, 5.41) is 0. The van der Waals surface area contributed by atoms with E-state index >= 15 is 0 Å². The Morgan fingerprint density at radius 1 is 1.13 bits per heavy atom. The van der Waals surface area contributed by atoms with Crippen molar-refractivity contribution in [3.8, 4) is 0 Å². The van der Waals surface area contributed by atoms with Gasteiger partial charge in [0.2, 0.25) is 11.8 Å². The first-order valence-corrected chi connectivity index (χ1v) is 9.23. The molecule has 2 aliphatic heterocycles. The monoisotopic (exact) mass is 324 g/mol. The second kappa shape index (κ2) is 8.67. The molecule has 2 heterocycles. The summed E-state index contributed by atoms with van der Waals surface area (Å²) in [4.78, 5) is 29.0. The molecule has 2 amide bonds. The van der Waals surface area contributed by atoms with Crippen molar-refractivity contribution in [3.05, 3.63) is 0 Å². The van der Waals surface area contributed by atoms with E-state index in [9.17, 15) is 9.59 Å². The maximum absolute atomic E-state index is 12.7. The number of carbonyl (C=O) groups excluding carboxylic acids is 2. The predicted octanol–water partition coefficient (Wildman–Crippen LogP) is 2.44. The molecule has 0 aromatic rings. The summed E-state index contributed by atoms with van der Waals surface area (Å²) < 4.78 is 5.43. The molecule has 1 atom stereocenters. The van der Waals surface area contributed by atoms with Crippen molar-refractivity contribution < 1.29 is 14.3 Å². The second-order valence-corrected chi connectivity index (χ2v) is 6.86. The van der Waals surface area contributed by atoms with E-state index in [1.165, 1.54) is 0 Å². The SMILES string of the molecule is CCC(CC)C(=O)N1CCCC(N(C(C)=O)C2CCOCC2)C1. The van der Waals surface area contributed by atoms with Crippen molar-refractivity contribution >= 4 is 11.8 Å². The van der Waals surface area contributed by atoms with Crippen LogP contribution in [-0.4, -0.2) is 60.0 Å². The van der Waals surface area contributed by atoms with Crippen molar-refractivity contribution in [2.75, 3.05) is 26.3 Å². The van der Waals surface area contributed by atoms with E-state index in [-0.39, 0.29) is 29.8 Å². The van der Waals surface area contributed by atoms with Crippen molar-refractivity contribution in [2.24, 2.45) is 5.92 Å². The van der Waals surface area contributed by atoms with E-state index in [0.29, 0.717) is 6.54 Å². The van der Waals surface area contributed by atoms with E-state index in [1.807, 2.05) is 4.90 Å². The first-order chi connectivity index (χ1) is 11.1. The van der Waals surface area contributed by atoms with Crippen LogP contribution in [0.5, 0.6) is 0 Å². The van der Waals surface area contributed by atoms with Crippen molar-refractivity contribution in [1.82, 2.24) is 9.80 Å². The Morgan fingerprint density at radius 3 is 2.35 bits per heavy atom. The summed E-state index contributed by atoms with van der Waals surface area (Å²) in [6.07, 6.45) is 5.61. The third-order valence-electron chi connectivity index (χ3n) is 5.38. The minimum absolute atomic E-state index is 0.127. The van der Waals surface area contributed by atoms with Gasteiger partial charge < -0.3 is 14.5 Å². The Balaban J connectivity index is 2.05. The summed E-state index contributed by atoms with van der Waals surface area (Å²) >= 11 is 0. The number of hydrogen-bond acceptors (Lipinski definition) is 3. The number of rotatable bonds is 5. The Bertz CT molecular complexity index is 403. The lowest BCUT2D eigenvalue weighted by molar-refractivity contribution is -0.144. The first kappa shape index (κ1) is 18.2. The van der Waals surface area contributed by atoms with E-state index < -0.39 is 0 Å². The highest BCUT2D eigenvalue weighted by molar-refractivity contribution is 5.79. The van der Waals surface area contributed by atoms with Crippen LogP contribution in [0.2, 0.25) is 0 Å². The molecule has 2 saturated heterocycles. The number of ether oxygens (including phenoxy) is 1. The number of carbonyl (C=O) groups is 2. The highest BCUT2D eigenvalue weighted by atomic mass is 16.5. The summed E-state index contributed by atoms with van der Waals surface area (Å²) in [6, 6.07) is 0.442. The topological polar surface area (TPSA) is 49.9 Å². The van der Waals surface area contributed by atoms with Crippen LogP contribution in [0.3, 0.4) is 0 Å². The predicted molar refractivity (Wildman–Crippen MR) is 90.0 cm³/mol. The molecule has 0 spiro atoms. The first-order valence-electron chi connectivity index (χ1n) is 9.23. The van der Waals surface area contributed by atoms with Gasteiger partial charge in [-0.1, -0.05) is 13.8 Å². The summed E-state index contributed by atoms with van der Waals surface area (Å²) in [6.45, 7) is 8.83. The molecule has 23 heavy (non-hydrogen) atoms. The smallest absolute Gasteiger partial charge is 0.225 e. The average molecular weight is 324 g/mol. The largest absolute Gasteiger partial charge is 0.381 e. The van der Waals surface area contributed by atoms with Crippen LogP contribution in [0.1, 0.15) is 59.3 Å². The van der Waals surface area contributed by atoms with E-state index in [1.54, 1.807) is 6.92 Å². The fourth-order valence-corrected chi connectivity index (χ4v) is 4.05. The maximum atomic E-state index is 12.7. The van der Waals surface area contributed by atoms with Gasteiger partial charge >= 0.3 is 0 Å². The molecule has 2 rings (SSSR count). The Kier molecular flexibility index (Phi) is 6.88. The molecule has 0 aromatic carbocycles. The third kappa shape index (κ3) is 4.46. The highest BCUT2D eigenvalue weighted by Crippen LogP contribution is 2.25. The average Bonchev–Trinajstić information content (AvgIpc) is 2.57. The van der Waals surface area contributed by atoms with Gasteiger partial charge in [-0.3, -0.25) is 9.59 Å². The lowest BCUT2D eigenvalue weighted by atomic mass is 9.96. The van der Waals surface area contributed by atoms with Crippen LogP contribution >= 0.6 is 0 Å². The molecule has 1 unspecified atom stereocenters. The fourth-order valence-electron chi connectivity index (χ4n) is 4.05. The number of amides is 2. The van der Waals surface area contributed by atoms with Gasteiger partial charge in [-0.2, -0.15) is 0 Å². The maximum Gasteiger partial charge on any atom is 0.225 e. The Labute approximate surface area is 140 Å². The summed E-state index contributed by atoms with van der Waals surface area (Å²) in [5.74, 6) is 0.538. The third-order valence-corrected chi connectivity index (χ3v) is 5.38.